The summed E-state index contributed by atoms with van der Waals surface area (Å²) in [5.74, 6) is 1.40. The number of guanidine groups is 1. The molecule has 1 aliphatic rings. The zero-order chi connectivity index (χ0) is 20.2. The lowest BCUT2D eigenvalue weighted by Gasteiger charge is -2.32. The third-order valence-electron chi connectivity index (χ3n) is 4.62. The Morgan fingerprint density at radius 2 is 2.14 bits per heavy atom. The van der Waals surface area contributed by atoms with E-state index in [4.69, 9.17) is 9.47 Å². The molecule has 2 heterocycles. The van der Waals surface area contributed by atoms with Crippen LogP contribution in [-0.4, -0.2) is 61.3 Å². The molecule has 1 aromatic rings. The number of carbonyl (C=O) groups excluding carboxylic acids is 1. The highest BCUT2D eigenvalue weighted by molar-refractivity contribution is 5.80. The molecular formula is C20H33N5O3. The first-order valence-electron chi connectivity index (χ1n) is 10.1. The topological polar surface area (TPSA) is 88.1 Å². The molecule has 28 heavy (non-hydrogen) atoms. The third kappa shape index (κ3) is 6.90. The van der Waals surface area contributed by atoms with Gasteiger partial charge in [0.25, 0.3) is 0 Å². The first-order chi connectivity index (χ1) is 13.7. The smallest absolute Gasteiger partial charge is 0.409 e. The normalized spacial score (nSPS) is 15.2. The number of amides is 1. The van der Waals surface area contributed by atoms with Crippen molar-refractivity contribution in [2.75, 3.05) is 33.4 Å². The van der Waals surface area contributed by atoms with E-state index in [9.17, 15) is 4.79 Å². The Balaban J connectivity index is 1.80. The van der Waals surface area contributed by atoms with Gasteiger partial charge in [-0.25, -0.2) is 9.78 Å². The molecule has 156 valence electrons. The van der Waals surface area contributed by atoms with Crippen molar-refractivity contribution in [1.29, 1.82) is 0 Å². The van der Waals surface area contributed by atoms with Crippen LogP contribution in [0.2, 0.25) is 0 Å². The maximum atomic E-state index is 11.8. The number of unbranched alkanes of at least 4 members (excludes halogenated alkanes) is 1. The van der Waals surface area contributed by atoms with Gasteiger partial charge >= 0.3 is 6.09 Å². The van der Waals surface area contributed by atoms with Gasteiger partial charge in [0, 0.05) is 44.5 Å². The van der Waals surface area contributed by atoms with Crippen molar-refractivity contribution in [2.24, 2.45) is 4.99 Å². The second-order valence-electron chi connectivity index (χ2n) is 6.70. The van der Waals surface area contributed by atoms with Crippen LogP contribution < -0.4 is 15.4 Å². The predicted octanol–water partition coefficient (Wildman–Crippen LogP) is 2.55. The molecule has 0 bridgehead atoms. The van der Waals surface area contributed by atoms with Gasteiger partial charge in [-0.2, -0.15) is 0 Å². The van der Waals surface area contributed by atoms with Crippen LogP contribution in [0.5, 0.6) is 5.88 Å². The van der Waals surface area contributed by atoms with E-state index in [-0.39, 0.29) is 12.1 Å². The minimum Gasteiger partial charge on any atom is -0.477 e. The maximum absolute atomic E-state index is 11.8. The molecule has 1 aromatic heterocycles. The highest BCUT2D eigenvalue weighted by Gasteiger charge is 2.24. The van der Waals surface area contributed by atoms with Gasteiger partial charge in [0.2, 0.25) is 5.88 Å². The van der Waals surface area contributed by atoms with Crippen LogP contribution in [0, 0.1) is 0 Å². The van der Waals surface area contributed by atoms with Crippen LogP contribution in [0.4, 0.5) is 4.79 Å². The number of hydrogen-bond donors (Lipinski definition) is 2. The number of aliphatic imine (C=N–C) groups is 1. The number of hydrogen-bond acceptors (Lipinski definition) is 5. The van der Waals surface area contributed by atoms with Crippen LogP contribution in [0.3, 0.4) is 0 Å². The maximum Gasteiger partial charge on any atom is 0.409 e. The van der Waals surface area contributed by atoms with Crippen molar-refractivity contribution < 1.29 is 14.3 Å². The number of likely N-dealkylation sites (tertiary alicyclic amines) is 1. The molecule has 8 heteroatoms. The van der Waals surface area contributed by atoms with E-state index >= 15 is 0 Å². The number of nitrogens with one attached hydrogen (secondary N) is 2. The van der Waals surface area contributed by atoms with Gasteiger partial charge in [0.1, 0.15) is 0 Å². The minimum absolute atomic E-state index is 0.226. The summed E-state index contributed by atoms with van der Waals surface area (Å²) >= 11 is 0. The Morgan fingerprint density at radius 3 is 2.82 bits per heavy atom. The molecular weight excluding hydrogens is 358 g/mol. The Kier molecular flexibility index (Phi) is 9.37. The number of nitrogens with zero attached hydrogens (tertiary/aromatic N) is 3. The van der Waals surface area contributed by atoms with Gasteiger partial charge in [-0.3, -0.25) is 4.99 Å². The Bertz CT molecular complexity index is 630. The lowest BCUT2D eigenvalue weighted by Crippen LogP contribution is -2.49. The van der Waals surface area contributed by atoms with Gasteiger partial charge in [-0.1, -0.05) is 19.4 Å². The average Bonchev–Trinajstić information content (AvgIpc) is 2.72. The molecule has 1 aliphatic heterocycles. The van der Waals surface area contributed by atoms with Gasteiger partial charge in [-0.05, 0) is 32.3 Å². The molecule has 0 aliphatic carbocycles. The van der Waals surface area contributed by atoms with Crippen molar-refractivity contribution >= 4 is 12.1 Å². The summed E-state index contributed by atoms with van der Waals surface area (Å²) < 4.78 is 10.9. The van der Waals surface area contributed by atoms with Crippen LogP contribution in [0.25, 0.3) is 0 Å². The third-order valence-corrected chi connectivity index (χ3v) is 4.62. The number of aromatic nitrogens is 1. The molecule has 1 amide bonds. The van der Waals surface area contributed by atoms with Crippen molar-refractivity contribution in [3.8, 4) is 5.88 Å². The first kappa shape index (κ1) is 21.8. The van der Waals surface area contributed by atoms with E-state index in [2.05, 4.69) is 27.5 Å². The number of pyridine rings is 1. The number of piperidine rings is 1. The monoisotopic (exact) mass is 391 g/mol. The summed E-state index contributed by atoms with van der Waals surface area (Å²) in [4.78, 5) is 22.2. The number of ether oxygens (including phenoxy) is 2. The van der Waals surface area contributed by atoms with Crippen LogP contribution in [0.15, 0.2) is 23.3 Å². The molecule has 8 nitrogen and oxygen atoms in total. The standard InChI is InChI=1S/C20H33N5O3/c1-4-6-14-28-18-16(8-7-11-22-18)15-23-19(21-3)24-17-9-12-25(13-10-17)20(26)27-5-2/h7-8,11,17H,4-6,9-10,12-15H2,1-3H3,(H2,21,23,24). The summed E-state index contributed by atoms with van der Waals surface area (Å²) in [6.45, 7) is 6.99. The highest BCUT2D eigenvalue weighted by Crippen LogP contribution is 2.15. The van der Waals surface area contributed by atoms with E-state index in [1.807, 2.05) is 19.1 Å². The molecule has 2 N–H and O–H groups in total. The highest BCUT2D eigenvalue weighted by atomic mass is 16.6. The van der Waals surface area contributed by atoms with E-state index in [0.717, 1.165) is 37.2 Å². The van der Waals surface area contributed by atoms with Gasteiger partial charge < -0.3 is 25.0 Å². The summed E-state index contributed by atoms with van der Waals surface area (Å²) in [5.41, 5.74) is 0.999. The summed E-state index contributed by atoms with van der Waals surface area (Å²) in [5, 5.41) is 6.77. The fourth-order valence-electron chi connectivity index (χ4n) is 2.99. The molecule has 0 atom stereocenters. The average molecular weight is 392 g/mol. The van der Waals surface area contributed by atoms with Gasteiger partial charge in [0.05, 0.1) is 13.2 Å². The molecule has 0 aromatic carbocycles. The fraction of sp³-hybridized carbons (Fsp3) is 0.650. The quantitative estimate of drug-likeness (QED) is 0.402. The molecule has 0 radical (unpaired) electrons. The van der Waals surface area contributed by atoms with E-state index in [1.54, 1.807) is 18.1 Å². The fourth-order valence-corrected chi connectivity index (χ4v) is 2.99. The SMILES string of the molecule is CCCCOc1ncccc1CNC(=NC)NC1CCN(C(=O)OCC)CC1. The van der Waals surface area contributed by atoms with Crippen molar-refractivity contribution in [2.45, 2.75) is 52.1 Å². The molecule has 2 rings (SSSR count). The Labute approximate surface area is 167 Å². The van der Waals surface area contributed by atoms with Crippen LogP contribution in [-0.2, 0) is 11.3 Å². The van der Waals surface area contributed by atoms with Gasteiger partial charge in [0.15, 0.2) is 5.96 Å². The molecule has 1 fully saturated rings. The van der Waals surface area contributed by atoms with E-state index < -0.39 is 0 Å². The first-order valence-corrected chi connectivity index (χ1v) is 10.1. The second-order valence-corrected chi connectivity index (χ2v) is 6.70. The lowest BCUT2D eigenvalue weighted by atomic mass is 10.1. The minimum atomic E-state index is -0.226. The van der Waals surface area contributed by atoms with Crippen molar-refractivity contribution in [3.05, 3.63) is 23.9 Å². The largest absolute Gasteiger partial charge is 0.477 e. The number of carbonyl (C=O) groups is 1. The van der Waals surface area contributed by atoms with Crippen LogP contribution >= 0.6 is 0 Å². The van der Waals surface area contributed by atoms with Crippen LogP contribution in [0.1, 0.15) is 45.1 Å². The molecule has 0 spiro atoms. The molecule has 0 unspecified atom stereocenters. The zero-order valence-corrected chi connectivity index (χ0v) is 17.2. The predicted molar refractivity (Wildman–Crippen MR) is 110 cm³/mol. The van der Waals surface area contributed by atoms with Gasteiger partial charge in [-0.15, -0.1) is 0 Å². The molecule has 0 saturated carbocycles. The van der Waals surface area contributed by atoms with Crippen molar-refractivity contribution in [1.82, 2.24) is 20.5 Å². The molecule has 1 saturated heterocycles. The lowest BCUT2D eigenvalue weighted by molar-refractivity contribution is 0.0963. The summed E-state index contributed by atoms with van der Waals surface area (Å²) in [6, 6.07) is 4.18. The van der Waals surface area contributed by atoms with E-state index in [0.29, 0.717) is 38.7 Å². The Morgan fingerprint density at radius 1 is 1.36 bits per heavy atom. The summed E-state index contributed by atoms with van der Waals surface area (Å²) in [7, 11) is 1.75. The van der Waals surface area contributed by atoms with E-state index in [1.165, 1.54) is 0 Å². The summed E-state index contributed by atoms with van der Waals surface area (Å²) in [6.07, 6.45) is 5.34. The number of rotatable bonds is 8. The zero-order valence-electron chi connectivity index (χ0n) is 17.2. The van der Waals surface area contributed by atoms with Crippen molar-refractivity contribution in [3.63, 3.8) is 0 Å². The Hall–Kier alpha value is -2.51. The second kappa shape index (κ2) is 12.0.